The lowest BCUT2D eigenvalue weighted by Gasteiger charge is -2.40. The number of halogens is 2. The van der Waals surface area contributed by atoms with Crippen LogP contribution >= 0.6 is 11.6 Å². The third-order valence-corrected chi connectivity index (χ3v) is 4.41. The van der Waals surface area contributed by atoms with Crippen LogP contribution in [0.5, 0.6) is 0 Å². The van der Waals surface area contributed by atoms with Gasteiger partial charge in [0.1, 0.15) is 5.82 Å². The largest absolute Gasteiger partial charge is 0.311 e. The molecule has 0 aliphatic carbocycles. The van der Waals surface area contributed by atoms with Crippen molar-refractivity contribution in [3.8, 4) is 0 Å². The zero-order valence-corrected chi connectivity index (χ0v) is 12.4. The Bertz CT molecular complexity index is 425. The van der Waals surface area contributed by atoms with E-state index in [1.54, 1.807) is 6.07 Å². The maximum atomic E-state index is 13.5. The average molecular weight is 285 g/mol. The molecule has 2 nitrogen and oxygen atoms in total. The van der Waals surface area contributed by atoms with Crippen molar-refractivity contribution < 1.29 is 4.39 Å². The van der Waals surface area contributed by atoms with Gasteiger partial charge >= 0.3 is 0 Å². The van der Waals surface area contributed by atoms with Gasteiger partial charge in [-0.05, 0) is 24.5 Å². The van der Waals surface area contributed by atoms with Gasteiger partial charge < -0.3 is 5.32 Å². The van der Waals surface area contributed by atoms with Crippen LogP contribution in [0.1, 0.15) is 32.3 Å². The first-order valence-corrected chi connectivity index (χ1v) is 7.43. The number of benzene rings is 1. The molecule has 2 rings (SSSR count). The number of hydrogen-bond acceptors (Lipinski definition) is 2. The molecule has 2 unspecified atom stereocenters. The van der Waals surface area contributed by atoms with Gasteiger partial charge in [-0.2, -0.15) is 0 Å². The summed E-state index contributed by atoms with van der Waals surface area (Å²) in [4.78, 5) is 2.42. The fourth-order valence-corrected chi connectivity index (χ4v) is 2.87. The standard InChI is InChI=1S/C15H22ClFN2/c1-3-12-10-19(13(4-2)8-18-12)9-11-6-5-7-14(17)15(11)16/h5-7,12-13,18H,3-4,8-10H2,1-2H3. The summed E-state index contributed by atoms with van der Waals surface area (Å²) in [5, 5.41) is 3.83. The molecule has 0 radical (unpaired) electrons. The molecule has 1 heterocycles. The minimum absolute atomic E-state index is 0.268. The second kappa shape index (κ2) is 6.69. The van der Waals surface area contributed by atoms with Gasteiger partial charge in [-0.25, -0.2) is 4.39 Å². The summed E-state index contributed by atoms with van der Waals surface area (Å²) in [5.74, 6) is -0.325. The van der Waals surface area contributed by atoms with Gasteiger partial charge in [0.25, 0.3) is 0 Å². The molecule has 1 N–H and O–H groups in total. The number of piperazine rings is 1. The number of nitrogens with one attached hydrogen (secondary N) is 1. The molecule has 1 aliphatic rings. The fourth-order valence-electron chi connectivity index (χ4n) is 2.69. The summed E-state index contributed by atoms with van der Waals surface area (Å²) in [7, 11) is 0. The zero-order chi connectivity index (χ0) is 13.8. The summed E-state index contributed by atoms with van der Waals surface area (Å²) < 4.78 is 13.5. The molecular formula is C15H22ClFN2. The summed E-state index contributed by atoms with van der Waals surface area (Å²) in [5.41, 5.74) is 0.886. The Labute approximate surface area is 119 Å². The van der Waals surface area contributed by atoms with E-state index in [2.05, 4.69) is 24.1 Å². The van der Waals surface area contributed by atoms with Crippen LogP contribution in [0.4, 0.5) is 4.39 Å². The van der Waals surface area contributed by atoms with E-state index in [0.29, 0.717) is 12.1 Å². The highest BCUT2D eigenvalue weighted by molar-refractivity contribution is 6.31. The smallest absolute Gasteiger partial charge is 0.142 e. The third-order valence-electron chi connectivity index (χ3n) is 3.98. The summed E-state index contributed by atoms with van der Waals surface area (Å²) in [6, 6.07) is 6.09. The van der Waals surface area contributed by atoms with Gasteiger partial charge in [-0.1, -0.05) is 37.6 Å². The van der Waals surface area contributed by atoms with Crippen molar-refractivity contribution in [2.75, 3.05) is 13.1 Å². The Morgan fingerprint density at radius 3 is 2.84 bits per heavy atom. The van der Waals surface area contributed by atoms with E-state index in [9.17, 15) is 4.39 Å². The van der Waals surface area contributed by atoms with Crippen LogP contribution in [0, 0.1) is 5.82 Å². The molecule has 1 aromatic carbocycles. The summed E-state index contributed by atoms with van der Waals surface area (Å²) in [6.07, 6.45) is 2.21. The lowest BCUT2D eigenvalue weighted by molar-refractivity contribution is 0.117. The van der Waals surface area contributed by atoms with Gasteiger partial charge in [0.15, 0.2) is 0 Å². The molecule has 0 amide bonds. The molecule has 1 aliphatic heterocycles. The van der Waals surface area contributed by atoms with Crippen LogP contribution in [0.2, 0.25) is 5.02 Å². The summed E-state index contributed by atoms with van der Waals surface area (Å²) >= 11 is 6.06. The molecule has 0 saturated carbocycles. The Hall–Kier alpha value is -0.640. The highest BCUT2D eigenvalue weighted by Crippen LogP contribution is 2.23. The van der Waals surface area contributed by atoms with Crippen LogP contribution in [0.25, 0.3) is 0 Å². The highest BCUT2D eigenvalue weighted by Gasteiger charge is 2.26. The van der Waals surface area contributed by atoms with Crippen LogP contribution in [0.15, 0.2) is 18.2 Å². The fraction of sp³-hybridized carbons (Fsp3) is 0.600. The van der Waals surface area contributed by atoms with E-state index < -0.39 is 0 Å². The molecule has 1 fully saturated rings. The predicted octanol–water partition coefficient (Wildman–Crippen LogP) is 3.44. The maximum absolute atomic E-state index is 13.5. The van der Waals surface area contributed by atoms with E-state index in [-0.39, 0.29) is 10.8 Å². The van der Waals surface area contributed by atoms with Crippen molar-refractivity contribution >= 4 is 11.6 Å². The van der Waals surface area contributed by atoms with Crippen LogP contribution in [-0.2, 0) is 6.54 Å². The first kappa shape index (κ1) is 14.8. The van der Waals surface area contributed by atoms with Crippen molar-refractivity contribution in [3.63, 3.8) is 0 Å². The van der Waals surface area contributed by atoms with E-state index in [0.717, 1.165) is 38.0 Å². The van der Waals surface area contributed by atoms with Gasteiger partial charge in [-0.15, -0.1) is 0 Å². The molecular weight excluding hydrogens is 263 g/mol. The van der Waals surface area contributed by atoms with Gasteiger partial charge in [0.05, 0.1) is 5.02 Å². The number of hydrogen-bond donors (Lipinski definition) is 1. The quantitative estimate of drug-likeness (QED) is 0.911. The lowest BCUT2D eigenvalue weighted by atomic mass is 10.0. The van der Waals surface area contributed by atoms with Crippen LogP contribution in [-0.4, -0.2) is 30.1 Å². The Balaban J connectivity index is 2.12. The molecule has 1 aromatic rings. The summed E-state index contributed by atoms with van der Waals surface area (Å²) in [6.45, 7) is 7.12. The van der Waals surface area contributed by atoms with Crippen LogP contribution < -0.4 is 5.32 Å². The third kappa shape index (κ3) is 3.47. The van der Waals surface area contributed by atoms with E-state index in [1.165, 1.54) is 6.07 Å². The minimum atomic E-state index is -0.325. The SMILES string of the molecule is CCC1CN(Cc2cccc(F)c2Cl)C(CC)CN1. The Kier molecular flexibility index (Phi) is 5.20. The van der Waals surface area contributed by atoms with Crippen molar-refractivity contribution in [2.24, 2.45) is 0 Å². The monoisotopic (exact) mass is 284 g/mol. The van der Waals surface area contributed by atoms with Gasteiger partial charge in [0, 0.05) is 31.7 Å². The molecule has 106 valence electrons. The molecule has 1 saturated heterocycles. The molecule has 2 atom stereocenters. The Morgan fingerprint density at radius 1 is 1.37 bits per heavy atom. The number of rotatable bonds is 4. The molecule has 0 spiro atoms. The normalized spacial score (nSPS) is 24.6. The topological polar surface area (TPSA) is 15.3 Å². The molecule has 0 aromatic heterocycles. The second-order valence-electron chi connectivity index (χ2n) is 5.22. The first-order valence-electron chi connectivity index (χ1n) is 7.06. The van der Waals surface area contributed by atoms with Crippen molar-refractivity contribution in [3.05, 3.63) is 34.6 Å². The van der Waals surface area contributed by atoms with Crippen LogP contribution in [0.3, 0.4) is 0 Å². The van der Waals surface area contributed by atoms with Crippen molar-refractivity contribution in [1.29, 1.82) is 0 Å². The molecule has 0 bridgehead atoms. The van der Waals surface area contributed by atoms with Crippen molar-refractivity contribution in [1.82, 2.24) is 10.2 Å². The van der Waals surface area contributed by atoms with E-state index in [4.69, 9.17) is 11.6 Å². The Morgan fingerprint density at radius 2 is 2.16 bits per heavy atom. The second-order valence-corrected chi connectivity index (χ2v) is 5.60. The first-order chi connectivity index (χ1) is 9.15. The van der Waals surface area contributed by atoms with Gasteiger partial charge in [0.2, 0.25) is 0 Å². The van der Waals surface area contributed by atoms with Crippen molar-refractivity contribution in [2.45, 2.75) is 45.3 Å². The van der Waals surface area contributed by atoms with Gasteiger partial charge in [-0.3, -0.25) is 4.90 Å². The zero-order valence-electron chi connectivity index (χ0n) is 11.6. The van der Waals surface area contributed by atoms with E-state index in [1.807, 2.05) is 6.07 Å². The maximum Gasteiger partial charge on any atom is 0.142 e. The highest BCUT2D eigenvalue weighted by atomic mass is 35.5. The molecule has 4 heteroatoms. The molecule has 19 heavy (non-hydrogen) atoms. The predicted molar refractivity (Wildman–Crippen MR) is 78.0 cm³/mol. The van der Waals surface area contributed by atoms with E-state index >= 15 is 0 Å². The number of nitrogens with zero attached hydrogens (tertiary/aromatic N) is 1. The lowest BCUT2D eigenvalue weighted by Crippen LogP contribution is -2.55. The minimum Gasteiger partial charge on any atom is -0.311 e. The average Bonchev–Trinajstić information content (AvgIpc) is 2.43.